The summed E-state index contributed by atoms with van der Waals surface area (Å²) < 4.78 is 31.3. The highest BCUT2D eigenvalue weighted by Crippen LogP contribution is 2.33. The molecule has 0 spiro atoms. The molecule has 4 heteroatoms. The normalized spacial score (nSPS) is 24.8. The van der Waals surface area contributed by atoms with Crippen LogP contribution in [0, 0.1) is 5.92 Å². The predicted molar refractivity (Wildman–Crippen MR) is 42.4 cm³/mol. The summed E-state index contributed by atoms with van der Waals surface area (Å²) in [6, 6.07) is 0. The van der Waals surface area contributed by atoms with E-state index in [1.807, 2.05) is 0 Å². The van der Waals surface area contributed by atoms with E-state index in [-0.39, 0.29) is 13.0 Å². The Bertz CT molecular complexity index is 135. The Morgan fingerprint density at radius 2 is 2.33 bits per heavy atom. The van der Waals surface area contributed by atoms with Crippen molar-refractivity contribution in [3.8, 4) is 0 Å². The van der Waals surface area contributed by atoms with Crippen molar-refractivity contribution in [1.82, 2.24) is 5.32 Å². The van der Waals surface area contributed by atoms with Gasteiger partial charge in [-0.1, -0.05) is 0 Å². The van der Waals surface area contributed by atoms with Crippen molar-refractivity contribution in [2.24, 2.45) is 5.92 Å². The number of alkyl halides is 2. The van der Waals surface area contributed by atoms with Crippen LogP contribution in [-0.2, 0) is 4.74 Å². The van der Waals surface area contributed by atoms with Crippen LogP contribution in [0.1, 0.15) is 12.8 Å². The van der Waals surface area contributed by atoms with Gasteiger partial charge in [0.15, 0.2) is 0 Å². The van der Waals surface area contributed by atoms with Gasteiger partial charge < -0.3 is 10.1 Å². The highest BCUT2D eigenvalue weighted by molar-refractivity contribution is 4.80. The third-order valence-electron chi connectivity index (χ3n) is 2.24. The molecule has 1 unspecified atom stereocenters. The molecule has 1 rings (SSSR count). The minimum Gasteiger partial charge on any atom is -0.381 e. The predicted octanol–water partition coefficient (Wildman–Crippen LogP) is 1.27. The van der Waals surface area contributed by atoms with E-state index >= 15 is 0 Å². The lowest BCUT2D eigenvalue weighted by Gasteiger charge is -2.21. The molecule has 2 nitrogen and oxygen atoms in total. The van der Waals surface area contributed by atoms with Gasteiger partial charge in [-0.3, -0.25) is 0 Å². The molecule has 72 valence electrons. The second-order valence-corrected chi connectivity index (χ2v) is 3.18. The van der Waals surface area contributed by atoms with Crippen molar-refractivity contribution in [2.45, 2.75) is 18.8 Å². The van der Waals surface area contributed by atoms with Crippen LogP contribution in [0.3, 0.4) is 0 Å². The number of ether oxygens (including phenoxy) is 1. The van der Waals surface area contributed by atoms with Crippen LogP contribution in [0.5, 0.6) is 0 Å². The number of nitrogens with one attached hydrogen (secondary N) is 1. The van der Waals surface area contributed by atoms with Gasteiger partial charge in [0, 0.05) is 25.5 Å². The van der Waals surface area contributed by atoms with Gasteiger partial charge in [0.25, 0.3) is 5.92 Å². The van der Waals surface area contributed by atoms with Crippen LogP contribution in [0.4, 0.5) is 8.78 Å². The number of halogens is 2. The van der Waals surface area contributed by atoms with E-state index in [1.54, 1.807) is 7.05 Å². The van der Waals surface area contributed by atoms with Crippen LogP contribution in [-0.4, -0.2) is 32.7 Å². The van der Waals surface area contributed by atoms with Crippen molar-refractivity contribution in [3.63, 3.8) is 0 Å². The lowest BCUT2D eigenvalue weighted by atomic mass is 9.98. The van der Waals surface area contributed by atoms with Gasteiger partial charge in [-0.05, 0) is 13.5 Å². The summed E-state index contributed by atoms with van der Waals surface area (Å²) in [5.74, 6) is -3.12. The largest absolute Gasteiger partial charge is 0.381 e. The molecule has 0 radical (unpaired) electrons. The van der Waals surface area contributed by atoms with Crippen LogP contribution in [0.15, 0.2) is 0 Å². The first-order valence-corrected chi connectivity index (χ1v) is 4.27. The first kappa shape index (κ1) is 9.86. The van der Waals surface area contributed by atoms with Crippen LogP contribution in [0.2, 0.25) is 0 Å². The highest BCUT2D eigenvalue weighted by atomic mass is 19.3. The second-order valence-electron chi connectivity index (χ2n) is 3.18. The molecule has 12 heavy (non-hydrogen) atoms. The lowest BCUT2D eigenvalue weighted by molar-refractivity contribution is -0.0653. The fourth-order valence-electron chi connectivity index (χ4n) is 1.36. The van der Waals surface area contributed by atoms with E-state index < -0.39 is 11.8 Å². The molecular weight excluding hydrogens is 164 g/mol. The third kappa shape index (κ3) is 2.38. The number of hydrogen-bond donors (Lipinski definition) is 1. The van der Waals surface area contributed by atoms with Crippen LogP contribution in [0.25, 0.3) is 0 Å². The monoisotopic (exact) mass is 179 g/mol. The summed E-state index contributed by atoms with van der Waals surface area (Å²) in [5.41, 5.74) is 0. The lowest BCUT2D eigenvalue weighted by Crippen LogP contribution is -2.31. The first-order chi connectivity index (χ1) is 5.67. The Morgan fingerprint density at radius 3 is 2.83 bits per heavy atom. The molecule has 0 aromatic rings. The van der Waals surface area contributed by atoms with E-state index in [2.05, 4.69) is 5.32 Å². The molecule has 0 bridgehead atoms. The molecule has 1 heterocycles. The quantitative estimate of drug-likeness (QED) is 0.701. The molecule has 0 aliphatic carbocycles. The van der Waals surface area contributed by atoms with Gasteiger partial charge in [0.2, 0.25) is 0 Å². The topological polar surface area (TPSA) is 21.3 Å². The average Bonchev–Trinajstić information content (AvgIpc) is 2.53. The molecule has 0 aromatic carbocycles. The van der Waals surface area contributed by atoms with Gasteiger partial charge in [0.1, 0.15) is 0 Å². The minimum absolute atomic E-state index is 0.0858. The summed E-state index contributed by atoms with van der Waals surface area (Å²) in [4.78, 5) is 0. The maximum atomic E-state index is 13.2. The minimum atomic E-state index is -2.56. The standard InChI is InChI=1S/C8H15F2NO/c1-11-4-3-8(9,10)7-2-5-12-6-7/h7,11H,2-6H2,1H3. The van der Waals surface area contributed by atoms with Gasteiger partial charge in [-0.2, -0.15) is 0 Å². The summed E-state index contributed by atoms with van der Waals surface area (Å²) in [7, 11) is 1.68. The number of rotatable bonds is 4. The zero-order valence-corrected chi connectivity index (χ0v) is 7.28. The maximum Gasteiger partial charge on any atom is 0.254 e. The van der Waals surface area contributed by atoms with Gasteiger partial charge in [-0.15, -0.1) is 0 Å². The molecule has 1 saturated heterocycles. The highest BCUT2D eigenvalue weighted by Gasteiger charge is 2.40. The maximum absolute atomic E-state index is 13.2. The molecule has 1 N–H and O–H groups in total. The van der Waals surface area contributed by atoms with Crippen LogP contribution < -0.4 is 5.32 Å². The fraction of sp³-hybridized carbons (Fsp3) is 1.00. The summed E-state index contributed by atoms with van der Waals surface area (Å²) >= 11 is 0. The smallest absolute Gasteiger partial charge is 0.254 e. The van der Waals surface area contributed by atoms with Gasteiger partial charge in [-0.25, -0.2) is 8.78 Å². The van der Waals surface area contributed by atoms with Crippen molar-refractivity contribution in [2.75, 3.05) is 26.8 Å². The summed E-state index contributed by atoms with van der Waals surface area (Å²) in [5, 5.41) is 2.73. The van der Waals surface area contributed by atoms with E-state index in [0.717, 1.165) is 0 Å². The summed E-state index contributed by atoms with van der Waals surface area (Å²) in [6.45, 7) is 1.07. The number of hydrogen-bond acceptors (Lipinski definition) is 2. The zero-order chi connectivity index (χ0) is 9.03. The Morgan fingerprint density at radius 1 is 1.58 bits per heavy atom. The van der Waals surface area contributed by atoms with E-state index in [1.165, 1.54) is 0 Å². The third-order valence-corrected chi connectivity index (χ3v) is 2.24. The van der Waals surface area contributed by atoms with E-state index in [9.17, 15) is 8.78 Å². The molecule has 0 aromatic heterocycles. The van der Waals surface area contributed by atoms with Crippen LogP contribution >= 0.6 is 0 Å². The Labute approximate surface area is 71.3 Å². The first-order valence-electron chi connectivity index (χ1n) is 4.27. The average molecular weight is 179 g/mol. The van der Waals surface area contributed by atoms with E-state index in [0.29, 0.717) is 19.6 Å². The molecule has 1 fully saturated rings. The van der Waals surface area contributed by atoms with Crippen molar-refractivity contribution < 1.29 is 13.5 Å². The Balaban J connectivity index is 2.34. The molecule has 0 amide bonds. The Hall–Kier alpha value is -0.220. The molecule has 1 aliphatic rings. The van der Waals surface area contributed by atoms with Gasteiger partial charge in [0.05, 0.1) is 6.61 Å². The van der Waals surface area contributed by atoms with Crippen molar-refractivity contribution in [3.05, 3.63) is 0 Å². The van der Waals surface area contributed by atoms with Crippen molar-refractivity contribution in [1.29, 1.82) is 0 Å². The summed E-state index contributed by atoms with van der Waals surface area (Å²) in [6.07, 6.45) is 0.411. The zero-order valence-electron chi connectivity index (χ0n) is 7.28. The second kappa shape index (κ2) is 4.14. The Kier molecular flexibility index (Phi) is 3.40. The molecule has 0 saturated carbocycles. The molecule has 1 aliphatic heterocycles. The fourth-order valence-corrected chi connectivity index (χ4v) is 1.36. The van der Waals surface area contributed by atoms with Gasteiger partial charge >= 0.3 is 0 Å². The molecular formula is C8H15F2NO. The van der Waals surface area contributed by atoms with E-state index in [4.69, 9.17) is 4.74 Å². The SMILES string of the molecule is CNCCC(F)(F)C1CCOC1. The van der Waals surface area contributed by atoms with Crippen molar-refractivity contribution >= 4 is 0 Å². The molecule has 1 atom stereocenters.